The van der Waals surface area contributed by atoms with Crippen molar-refractivity contribution in [2.24, 2.45) is 5.84 Å². The largest absolute Gasteiger partial charge is 0.457 e. The number of nitrogens with two attached hydrogens (primary N) is 1. The van der Waals surface area contributed by atoms with Crippen LogP contribution in [0.3, 0.4) is 0 Å². The Hall–Kier alpha value is -1.24. The van der Waals surface area contributed by atoms with E-state index < -0.39 is 12.2 Å². The second-order valence-corrected chi connectivity index (χ2v) is 3.86. The number of rotatable bonds is 2. The van der Waals surface area contributed by atoms with Gasteiger partial charge in [0.05, 0.1) is 5.02 Å². The summed E-state index contributed by atoms with van der Waals surface area (Å²) in [4.78, 5) is 0. The molecule has 0 spiro atoms. The molecule has 0 saturated carbocycles. The molecule has 0 bridgehead atoms. The van der Waals surface area contributed by atoms with E-state index in [0.29, 0.717) is 5.39 Å². The van der Waals surface area contributed by atoms with Crippen molar-refractivity contribution in [3.63, 3.8) is 0 Å². The maximum Gasteiger partial charge on any atom is 0.412 e. The van der Waals surface area contributed by atoms with E-state index in [9.17, 15) is 13.2 Å². The molecular weight excluding hydrogens is 257 g/mol. The van der Waals surface area contributed by atoms with E-state index >= 15 is 0 Å². The van der Waals surface area contributed by atoms with E-state index in [0.717, 1.165) is 0 Å². The summed E-state index contributed by atoms with van der Waals surface area (Å²) in [5.41, 5.74) is 1.89. The van der Waals surface area contributed by atoms with Crippen LogP contribution < -0.4 is 11.3 Å². The fourth-order valence-corrected chi connectivity index (χ4v) is 1.75. The van der Waals surface area contributed by atoms with Gasteiger partial charge in [0.1, 0.15) is 5.76 Å². The number of para-hydroxylation sites is 1. The minimum atomic E-state index is -4.53. The number of benzene rings is 1. The third-order valence-corrected chi connectivity index (χ3v) is 2.59. The van der Waals surface area contributed by atoms with Crippen LogP contribution in [0.25, 0.3) is 11.0 Å². The summed E-state index contributed by atoms with van der Waals surface area (Å²) in [7, 11) is 0. The molecular formula is C10H8ClF3N2O. The van der Waals surface area contributed by atoms with Crippen LogP contribution in [0.5, 0.6) is 0 Å². The standard InChI is InChI=1S/C10H8ClF3N2O/c11-6-3-1-2-5-4-7(17-8(5)6)9(16-15)10(12,13)14/h1-4,9,16H,15H2. The Labute approximate surface area is 99.3 Å². The molecule has 1 aromatic heterocycles. The van der Waals surface area contributed by atoms with Gasteiger partial charge in [-0.2, -0.15) is 13.2 Å². The molecule has 2 aromatic rings. The van der Waals surface area contributed by atoms with Crippen LogP contribution in [0, 0.1) is 0 Å². The highest BCUT2D eigenvalue weighted by Crippen LogP contribution is 2.36. The van der Waals surface area contributed by atoms with Crippen LogP contribution in [-0.4, -0.2) is 6.18 Å². The molecule has 92 valence electrons. The molecule has 1 atom stereocenters. The van der Waals surface area contributed by atoms with Gasteiger partial charge in [0, 0.05) is 5.39 Å². The lowest BCUT2D eigenvalue weighted by molar-refractivity contribution is -0.161. The lowest BCUT2D eigenvalue weighted by Gasteiger charge is -2.16. The van der Waals surface area contributed by atoms with Gasteiger partial charge in [-0.15, -0.1) is 0 Å². The molecule has 1 heterocycles. The molecule has 7 heteroatoms. The van der Waals surface area contributed by atoms with Crippen molar-refractivity contribution in [3.05, 3.63) is 35.0 Å². The third-order valence-electron chi connectivity index (χ3n) is 2.29. The average molecular weight is 265 g/mol. The number of halogens is 4. The zero-order valence-corrected chi connectivity index (χ0v) is 9.14. The molecule has 17 heavy (non-hydrogen) atoms. The van der Waals surface area contributed by atoms with Crippen LogP contribution in [0.2, 0.25) is 5.02 Å². The number of hydrazine groups is 1. The Morgan fingerprint density at radius 3 is 2.59 bits per heavy atom. The van der Waals surface area contributed by atoms with Gasteiger partial charge in [0.15, 0.2) is 11.6 Å². The molecule has 1 unspecified atom stereocenters. The highest BCUT2D eigenvalue weighted by atomic mass is 35.5. The first-order valence-electron chi connectivity index (χ1n) is 4.64. The fourth-order valence-electron chi connectivity index (χ4n) is 1.53. The lowest BCUT2D eigenvalue weighted by Crippen LogP contribution is -2.38. The first kappa shape index (κ1) is 12.2. The SMILES string of the molecule is NNC(c1cc2cccc(Cl)c2o1)C(F)(F)F. The van der Waals surface area contributed by atoms with Crippen molar-refractivity contribution in [3.8, 4) is 0 Å². The van der Waals surface area contributed by atoms with Crippen LogP contribution in [0.4, 0.5) is 13.2 Å². The summed E-state index contributed by atoms with van der Waals surface area (Å²) in [6.07, 6.45) is -4.53. The minimum absolute atomic E-state index is 0.216. The van der Waals surface area contributed by atoms with E-state index in [1.807, 2.05) is 0 Å². The van der Waals surface area contributed by atoms with Crippen molar-refractivity contribution in [2.75, 3.05) is 0 Å². The number of furan rings is 1. The summed E-state index contributed by atoms with van der Waals surface area (Å²) >= 11 is 5.81. The van der Waals surface area contributed by atoms with Crippen LogP contribution in [0.15, 0.2) is 28.7 Å². The zero-order valence-electron chi connectivity index (χ0n) is 8.38. The zero-order chi connectivity index (χ0) is 12.6. The average Bonchev–Trinajstić information content (AvgIpc) is 2.61. The van der Waals surface area contributed by atoms with Crippen LogP contribution >= 0.6 is 11.6 Å². The van der Waals surface area contributed by atoms with E-state index in [-0.39, 0.29) is 16.4 Å². The van der Waals surface area contributed by atoms with Crippen molar-refractivity contribution >= 4 is 22.6 Å². The van der Waals surface area contributed by atoms with Gasteiger partial charge in [-0.05, 0) is 12.1 Å². The van der Waals surface area contributed by atoms with Gasteiger partial charge in [0.2, 0.25) is 0 Å². The second-order valence-electron chi connectivity index (χ2n) is 3.45. The molecule has 0 aliphatic heterocycles. The molecule has 0 fully saturated rings. The molecule has 3 N–H and O–H groups in total. The fraction of sp³-hybridized carbons (Fsp3) is 0.200. The molecule has 0 aliphatic rings. The predicted molar refractivity (Wildman–Crippen MR) is 57.3 cm³/mol. The first-order chi connectivity index (χ1) is 7.93. The van der Waals surface area contributed by atoms with E-state index in [1.165, 1.54) is 12.1 Å². The number of hydrogen-bond acceptors (Lipinski definition) is 3. The summed E-state index contributed by atoms with van der Waals surface area (Å²) in [5.74, 6) is 4.57. The normalized spacial score (nSPS) is 14.2. The smallest absolute Gasteiger partial charge is 0.412 e. The van der Waals surface area contributed by atoms with Crippen LogP contribution in [0.1, 0.15) is 11.8 Å². The lowest BCUT2D eigenvalue weighted by atomic mass is 10.2. The summed E-state index contributed by atoms with van der Waals surface area (Å²) in [6.45, 7) is 0. The minimum Gasteiger partial charge on any atom is -0.457 e. The Kier molecular flexibility index (Phi) is 3.03. The molecule has 1 aromatic carbocycles. The van der Waals surface area contributed by atoms with Crippen molar-refractivity contribution < 1.29 is 17.6 Å². The van der Waals surface area contributed by atoms with Gasteiger partial charge < -0.3 is 4.42 Å². The Balaban J connectivity index is 2.52. The molecule has 2 rings (SSSR count). The van der Waals surface area contributed by atoms with Gasteiger partial charge in [0.25, 0.3) is 0 Å². The van der Waals surface area contributed by atoms with Crippen molar-refractivity contribution in [1.29, 1.82) is 0 Å². The quantitative estimate of drug-likeness (QED) is 0.647. The number of fused-ring (bicyclic) bond motifs is 1. The second kappa shape index (κ2) is 4.21. The maximum atomic E-state index is 12.6. The summed E-state index contributed by atoms with van der Waals surface area (Å²) in [5, 5.41) is 0.753. The molecule has 0 radical (unpaired) electrons. The van der Waals surface area contributed by atoms with Gasteiger partial charge >= 0.3 is 6.18 Å². The molecule has 0 amide bonds. The van der Waals surface area contributed by atoms with E-state index in [2.05, 4.69) is 0 Å². The highest BCUT2D eigenvalue weighted by Gasteiger charge is 2.42. The number of nitrogens with one attached hydrogen (secondary N) is 1. The predicted octanol–water partition coefficient (Wildman–Crippen LogP) is 3.15. The van der Waals surface area contributed by atoms with Gasteiger partial charge in [-0.3, -0.25) is 5.84 Å². The van der Waals surface area contributed by atoms with Gasteiger partial charge in [-0.1, -0.05) is 23.7 Å². The topological polar surface area (TPSA) is 51.2 Å². The monoisotopic (exact) mass is 264 g/mol. The van der Waals surface area contributed by atoms with Gasteiger partial charge in [-0.25, -0.2) is 5.43 Å². The molecule has 0 aliphatic carbocycles. The Morgan fingerprint density at radius 2 is 2.06 bits per heavy atom. The summed E-state index contributed by atoms with van der Waals surface area (Å²) in [6, 6.07) is 3.99. The van der Waals surface area contributed by atoms with Crippen molar-refractivity contribution in [2.45, 2.75) is 12.2 Å². The highest BCUT2D eigenvalue weighted by molar-refractivity contribution is 6.34. The first-order valence-corrected chi connectivity index (χ1v) is 5.02. The Bertz CT molecular complexity index is 538. The van der Waals surface area contributed by atoms with Crippen LogP contribution in [-0.2, 0) is 0 Å². The number of alkyl halides is 3. The third kappa shape index (κ3) is 2.24. The summed E-state index contributed by atoms with van der Waals surface area (Å²) < 4.78 is 42.9. The van der Waals surface area contributed by atoms with Crippen molar-refractivity contribution in [1.82, 2.24) is 5.43 Å². The van der Waals surface area contributed by atoms with E-state index in [1.54, 1.807) is 17.6 Å². The molecule has 0 saturated heterocycles. The number of hydrogen-bond donors (Lipinski definition) is 2. The van der Waals surface area contributed by atoms with E-state index in [4.69, 9.17) is 21.9 Å². The maximum absolute atomic E-state index is 12.6. The molecule has 3 nitrogen and oxygen atoms in total. The Morgan fingerprint density at radius 1 is 1.35 bits per heavy atom.